The number of anilines is 3. The summed E-state index contributed by atoms with van der Waals surface area (Å²) in [6.07, 6.45) is 1.15. The number of methoxy groups -OCH3 is 1. The Morgan fingerprint density at radius 1 is 1.09 bits per heavy atom. The minimum absolute atomic E-state index is 0.234. The summed E-state index contributed by atoms with van der Waals surface area (Å²) in [5.41, 5.74) is 3.09. The minimum Gasteiger partial charge on any atom is -0.497 e. The highest BCUT2D eigenvalue weighted by atomic mass is 19.1. The zero-order valence-corrected chi connectivity index (χ0v) is 18.2. The maximum atomic E-state index is 13.4. The van der Waals surface area contributed by atoms with Crippen LogP contribution in [0, 0.1) is 11.2 Å². The number of nitrogens with zero attached hydrogens (tertiary/aromatic N) is 1. The molecule has 1 aromatic heterocycles. The molecule has 0 spiro atoms. The number of carbonyl (C=O) groups excluding carboxylic acids is 1. The number of benzene rings is 3. The Labute approximate surface area is 195 Å². The number of ether oxygens (including phenoxy) is 1. The predicted molar refractivity (Wildman–Crippen MR) is 128 cm³/mol. The summed E-state index contributed by atoms with van der Waals surface area (Å²) < 4.78 is 24.2. The van der Waals surface area contributed by atoms with Crippen LogP contribution in [-0.2, 0) is 0 Å². The molecule has 8 heteroatoms. The first kappa shape index (κ1) is 21.3. The summed E-state index contributed by atoms with van der Waals surface area (Å²) in [6, 6.07) is 22.0. The van der Waals surface area contributed by atoms with Gasteiger partial charge in [-0.2, -0.15) is 0 Å². The largest absolute Gasteiger partial charge is 0.497 e. The Morgan fingerprint density at radius 2 is 1.85 bits per heavy atom. The lowest BCUT2D eigenvalue weighted by atomic mass is 10.1. The average molecular weight is 456 g/mol. The molecule has 0 saturated carbocycles. The van der Waals surface area contributed by atoms with Crippen molar-refractivity contribution in [2.75, 3.05) is 22.6 Å². The van der Waals surface area contributed by atoms with Crippen LogP contribution in [0.4, 0.5) is 21.6 Å². The summed E-state index contributed by atoms with van der Waals surface area (Å²) in [6.45, 7) is 0. The lowest BCUT2D eigenvalue weighted by molar-refractivity contribution is 0.102. The van der Waals surface area contributed by atoms with Crippen molar-refractivity contribution in [3.8, 4) is 5.75 Å². The summed E-state index contributed by atoms with van der Waals surface area (Å²) in [7, 11) is 1.61. The second-order valence-corrected chi connectivity index (χ2v) is 7.71. The molecule has 1 amide bonds. The number of hydrogen-bond acceptors (Lipinski definition) is 5. The van der Waals surface area contributed by atoms with Crippen LogP contribution in [0.1, 0.15) is 27.7 Å². The number of halogens is 1. The lowest BCUT2D eigenvalue weighted by Crippen LogP contribution is -2.42. The van der Waals surface area contributed by atoms with Gasteiger partial charge in [0.05, 0.1) is 18.9 Å². The third-order valence-corrected chi connectivity index (χ3v) is 5.61. The number of fused-ring (bicyclic) bond motifs is 1. The van der Waals surface area contributed by atoms with E-state index >= 15 is 0 Å². The van der Waals surface area contributed by atoms with E-state index < -0.39 is 17.9 Å². The molecule has 0 radical (unpaired) electrons. The molecule has 0 bridgehead atoms. The smallest absolute Gasteiger partial charge is 0.255 e. The first-order chi connectivity index (χ1) is 16.5. The van der Waals surface area contributed by atoms with Gasteiger partial charge in [-0.3, -0.25) is 10.2 Å². The van der Waals surface area contributed by atoms with Gasteiger partial charge in [0.25, 0.3) is 5.91 Å². The van der Waals surface area contributed by atoms with Crippen LogP contribution in [0.15, 0.2) is 89.5 Å². The summed E-state index contributed by atoms with van der Waals surface area (Å²) >= 11 is 0. The van der Waals surface area contributed by atoms with Crippen LogP contribution in [-0.4, -0.2) is 18.9 Å². The van der Waals surface area contributed by atoms with Crippen LogP contribution < -0.4 is 20.3 Å². The Balaban J connectivity index is 1.43. The van der Waals surface area contributed by atoms with E-state index in [0.717, 1.165) is 17.0 Å². The molecule has 0 aliphatic carbocycles. The topological polar surface area (TPSA) is 90.6 Å². The van der Waals surface area contributed by atoms with Crippen molar-refractivity contribution in [1.29, 1.82) is 5.41 Å². The fourth-order valence-corrected chi connectivity index (χ4v) is 3.89. The average Bonchev–Trinajstić information content (AvgIpc) is 3.34. The Hall–Kier alpha value is -4.59. The first-order valence-corrected chi connectivity index (χ1v) is 10.6. The van der Waals surface area contributed by atoms with Gasteiger partial charge in [-0.15, -0.1) is 0 Å². The van der Waals surface area contributed by atoms with E-state index in [4.69, 9.17) is 14.6 Å². The van der Waals surface area contributed by atoms with Crippen molar-refractivity contribution in [3.63, 3.8) is 0 Å². The molecule has 3 N–H and O–H groups in total. The molecule has 1 aliphatic rings. The van der Waals surface area contributed by atoms with E-state index in [9.17, 15) is 9.18 Å². The fraction of sp³-hybridized carbons (Fsp3) is 0.0769. The second kappa shape index (κ2) is 8.74. The molecule has 1 aliphatic heterocycles. The van der Waals surface area contributed by atoms with E-state index in [1.807, 2.05) is 41.3 Å². The monoisotopic (exact) mass is 456 g/mol. The minimum atomic E-state index is -0.470. The molecule has 5 rings (SSSR count). The van der Waals surface area contributed by atoms with E-state index in [1.165, 1.54) is 18.2 Å². The Bertz CT molecular complexity index is 1350. The highest BCUT2D eigenvalue weighted by Crippen LogP contribution is 2.37. The van der Waals surface area contributed by atoms with Crippen LogP contribution in [0.2, 0.25) is 0 Å². The van der Waals surface area contributed by atoms with Gasteiger partial charge >= 0.3 is 0 Å². The fourth-order valence-electron chi connectivity index (χ4n) is 3.89. The van der Waals surface area contributed by atoms with Gasteiger partial charge in [-0.1, -0.05) is 18.2 Å². The standard InChI is InChI=1S/C26H21FN4O3/c1-33-21-11-5-16(6-12-21)24-30-26-22(13-14-34-26)23(28)31(24)20-9-7-19(8-10-20)29-25(32)17-3-2-4-18(27)15-17/h2-15,24,28,30H,1H3,(H,29,32). The maximum Gasteiger partial charge on any atom is 0.255 e. The molecular formula is C26H21FN4O3. The molecule has 3 aromatic carbocycles. The van der Waals surface area contributed by atoms with Gasteiger partial charge < -0.3 is 24.7 Å². The van der Waals surface area contributed by atoms with Gasteiger partial charge in [-0.05, 0) is 66.2 Å². The third kappa shape index (κ3) is 3.97. The molecule has 1 atom stereocenters. The van der Waals surface area contributed by atoms with E-state index in [1.54, 1.807) is 37.6 Å². The van der Waals surface area contributed by atoms with Crippen molar-refractivity contribution >= 4 is 29.0 Å². The van der Waals surface area contributed by atoms with E-state index in [-0.39, 0.29) is 11.4 Å². The van der Waals surface area contributed by atoms with Crippen molar-refractivity contribution in [2.24, 2.45) is 0 Å². The zero-order chi connectivity index (χ0) is 23.7. The molecule has 0 saturated heterocycles. The number of amidine groups is 1. The maximum absolute atomic E-state index is 13.4. The van der Waals surface area contributed by atoms with Crippen molar-refractivity contribution in [1.82, 2.24) is 0 Å². The zero-order valence-electron chi connectivity index (χ0n) is 18.2. The summed E-state index contributed by atoms with van der Waals surface area (Å²) in [5.74, 6) is 0.667. The quantitative estimate of drug-likeness (QED) is 0.362. The number of carbonyl (C=O) groups is 1. The van der Waals surface area contributed by atoms with Crippen LogP contribution in [0.25, 0.3) is 0 Å². The van der Waals surface area contributed by atoms with Gasteiger partial charge in [0.2, 0.25) is 5.88 Å². The summed E-state index contributed by atoms with van der Waals surface area (Å²) in [4.78, 5) is 14.3. The normalized spacial score (nSPS) is 14.8. The van der Waals surface area contributed by atoms with Crippen molar-refractivity contribution < 1.29 is 18.3 Å². The molecule has 4 aromatic rings. The highest BCUT2D eigenvalue weighted by molar-refractivity contribution is 6.13. The molecule has 7 nitrogen and oxygen atoms in total. The van der Waals surface area contributed by atoms with Crippen molar-refractivity contribution in [2.45, 2.75) is 6.17 Å². The predicted octanol–water partition coefficient (Wildman–Crippen LogP) is 5.64. The first-order valence-electron chi connectivity index (χ1n) is 10.6. The van der Waals surface area contributed by atoms with Crippen molar-refractivity contribution in [3.05, 3.63) is 108 Å². The van der Waals surface area contributed by atoms with Gasteiger partial charge in [0, 0.05) is 16.9 Å². The molecule has 34 heavy (non-hydrogen) atoms. The molecular weight excluding hydrogens is 435 g/mol. The number of amides is 1. The third-order valence-electron chi connectivity index (χ3n) is 5.61. The van der Waals surface area contributed by atoms with Crippen LogP contribution in [0.5, 0.6) is 5.75 Å². The summed E-state index contributed by atoms with van der Waals surface area (Å²) in [5, 5.41) is 15.0. The molecule has 0 fully saturated rings. The molecule has 2 heterocycles. The lowest BCUT2D eigenvalue weighted by Gasteiger charge is -2.38. The molecule has 1 unspecified atom stereocenters. The van der Waals surface area contributed by atoms with E-state index in [2.05, 4.69) is 10.6 Å². The van der Waals surface area contributed by atoms with Gasteiger partial charge in [-0.25, -0.2) is 4.39 Å². The number of furan rings is 1. The highest BCUT2D eigenvalue weighted by Gasteiger charge is 2.33. The molecule has 170 valence electrons. The van der Waals surface area contributed by atoms with Crippen LogP contribution >= 0.6 is 0 Å². The number of hydrogen-bond donors (Lipinski definition) is 3. The Kier molecular flexibility index (Phi) is 5.47. The second-order valence-electron chi connectivity index (χ2n) is 7.71. The Morgan fingerprint density at radius 3 is 2.56 bits per heavy atom. The van der Waals surface area contributed by atoms with Crippen LogP contribution in [0.3, 0.4) is 0 Å². The van der Waals surface area contributed by atoms with Gasteiger partial charge in [0.1, 0.15) is 23.6 Å². The van der Waals surface area contributed by atoms with E-state index in [0.29, 0.717) is 17.1 Å². The SMILES string of the molecule is COc1ccc(C2Nc3occc3C(=N)N2c2ccc(NC(=O)c3cccc(F)c3)cc2)cc1. The number of nitrogens with one attached hydrogen (secondary N) is 3. The number of rotatable bonds is 5. The van der Waals surface area contributed by atoms with Gasteiger partial charge in [0.15, 0.2) is 0 Å².